The molecule has 4 rings (SSSR count). The molecule has 1 aliphatic heterocycles. The number of nitrogens with zero attached hydrogens (tertiary/aromatic N) is 5. The smallest absolute Gasteiger partial charge is 0.224 e. The van der Waals surface area contributed by atoms with E-state index in [4.69, 9.17) is 11.6 Å². The third-order valence-electron chi connectivity index (χ3n) is 4.59. The van der Waals surface area contributed by atoms with Gasteiger partial charge in [-0.05, 0) is 35.9 Å². The first-order valence-electron chi connectivity index (χ1n) is 8.99. The number of halogens is 1. The van der Waals surface area contributed by atoms with Crippen LogP contribution in [0.5, 0.6) is 0 Å². The molecule has 0 radical (unpaired) electrons. The molecule has 7 heteroatoms. The van der Waals surface area contributed by atoms with Gasteiger partial charge in [0.2, 0.25) is 5.95 Å². The lowest BCUT2D eigenvalue weighted by molar-refractivity contribution is 0.647. The maximum Gasteiger partial charge on any atom is 0.224 e. The number of aromatic nitrogens is 3. The highest BCUT2D eigenvalue weighted by atomic mass is 35.5. The topological polar surface area (TPSA) is 57.2 Å². The number of pyridine rings is 1. The fourth-order valence-electron chi connectivity index (χ4n) is 3.16. The van der Waals surface area contributed by atoms with E-state index in [9.17, 15) is 0 Å². The van der Waals surface area contributed by atoms with Crippen LogP contribution in [0, 0.1) is 0 Å². The van der Waals surface area contributed by atoms with Crippen LogP contribution < -0.4 is 15.1 Å². The lowest BCUT2D eigenvalue weighted by Gasteiger charge is -2.36. The third-order valence-corrected chi connectivity index (χ3v) is 4.83. The summed E-state index contributed by atoms with van der Waals surface area (Å²) in [6.45, 7) is 4.34. The van der Waals surface area contributed by atoms with Crippen LogP contribution in [0.25, 0.3) is 0 Å². The Bertz CT molecular complexity index is 880. The average molecular weight is 381 g/mol. The Hall–Kier alpha value is -2.86. The van der Waals surface area contributed by atoms with Crippen molar-refractivity contribution < 1.29 is 0 Å². The van der Waals surface area contributed by atoms with E-state index in [1.807, 2.05) is 42.6 Å². The highest BCUT2D eigenvalue weighted by Crippen LogP contribution is 2.22. The summed E-state index contributed by atoms with van der Waals surface area (Å²) < 4.78 is 0. The van der Waals surface area contributed by atoms with Crippen LogP contribution in [0.1, 0.15) is 5.56 Å². The van der Waals surface area contributed by atoms with Crippen LogP contribution in [0.15, 0.2) is 61.1 Å². The standard InChI is InChI=1S/C20H21ClN6/c21-17-4-1-5-18(13-17)26-9-11-27(12-10-26)19-6-8-23-20(25-19)24-15-16-3-2-7-22-14-16/h1-8,13-14H,9-12,15H2,(H,23,24,25). The second-order valence-electron chi connectivity index (χ2n) is 6.41. The minimum atomic E-state index is 0.633. The summed E-state index contributed by atoms with van der Waals surface area (Å²) in [7, 11) is 0. The number of benzene rings is 1. The predicted molar refractivity (Wildman–Crippen MR) is 109 cm³/mol. The molecule has 1 aromatic carbocycles. The Kier molecular flexibility index (Phi) is 5.34. The molecule has 0 amide bonds. The van der Waals surface area contributed by atoms with Gasteiger partial charge in [0.15, 0.2) is 0 Å². The molecule has 6 nitrogen and oxygen atoms in total. The lowest BCUT2D eigenvalue weighted by atomic mass is 10.2. The van der Waals surface area contributed by atoms with Crippen molar-refractivity contribution in [3.8, 4) is 0 Å². The molecule has 27 heavy (non-hydrogen) atoms. The highest BCUT2D eigenvalue weighted by molar-refractivity contribution is 6.30. The monoisotopic (exact) mass is 380 g/mol. The van der Waals surface area contributed by atoms with E-state index >= 15 is 0 Å². The molecule has 1 fully saturated rings. The van der Waals surface area contributed by atoms with Crippen LogP contribution in [0.2, 0.25) is 5.02 Å². The van der Waals surface area contributed by atoms with Gasteiger partial charge in [0.05, 0.1) is 0 Å². The van der Waals surface area contributed by atoms with Gasteiger partial charge in [-0.15, -0.1) is 0 Å². The highest BCUT2D eigenvalue weighted by Gasteiger charge is 2.19. The summed E-state index contributed by atoms with van der Waals surface area (Å²) >= 11 is 6.12. The van der Waals surface area contributed by atoms with Crippen LogP contribution in [0.4, 0.5) is 17.5 Å². The Balaban J connectivity index is 1.37. The molecule has 0 unspecified atom stereocenters. The van der Waals surface area contributed by atoms with Gasteiger partial charge >= 0.3 is 0 Å². The molecule has 0 aliphatic carbocycles. The molecule has 3 heterocycles. The number of nitrogens with one attached hydrogen (secondary N) is 1. The minimum absolute atomic E-state index is 0.633. The second-order valence-corrected chi connectivity index (χ2v) is 6.84. The molecular formula is C20H21ClN6. The van der Waals surface area contributed by atoms with Crippen molar-refractivity contribution in [1.82, 2.24) is 15.0 Å². The van der Waals surface area contributed by atoms with E-state index in [1.165, 1.54) is 5.69 Å². The molecule has 138 valence electrons. The van der Waals surface area contributed by atoms with Crippen LogP contribution >= 0.6 is 11.6 Å². The molecule has 0 bridgehead atoms. The zero-order valence-electron chi connectivity index (χ0n) is 14.9. The van der Waals surface area contributed by atoms with E-state index in [-0.39, 0.29) is 0 Å². The average Bonchev–Trinajstić information content (AvgIpc) is 2.73. The van der Waals surface area contributed by atoms with Gasteiger partial charge in [0.1, 0.15) is 5.82 Å². The number of rotatable bonds is 5. The zero-order valence-corrected chi connectivity index (χ0v) is 15.7. The fourth-order valence-corrected chi connectivity index (χ4v) is 3.35. The van der Waals surface area contributed by atoms with Crippen molar-refractivity contribution in [2.45, 2.75) is 6.54 Å². The number of piperazine rings is 1. The zero-order chi connectivity index (χ0) is 18.5. The molecule has 3 aromatic rings. The molecular weight excluding hydrogens is 360 g/mol. The Morgan fingerprint density at radius 3 is 2.59 bits per heavy atom. The Morgan fingerprint density at radius 1 is 0.963 bits per heavy atom. The van der Waals surface area contributed by atoms with Crippen molar-refractivity contribution in [1.29, 1.82) is 0 Å². The third kappa shape index (κ3) is 4.46. The van der Waals surface area contributed by atoms with Crippen LogP contribution in [-0.2, 0) is 6.54 Å². The summed E-state index contributed by atoms with van der Waals surface area (Å²) in [6.07, 6.45) is 5.41. The minimum Gasteiger partial charge on any atom is -0.368 e. The van der Waals surface area contributed by atoms with Gasteiger partial charge in [0, 0.05) is 62.0 Å². The molecule has 1 aliphatic rings. The van der Waals surface area contributed by atoms with Crippen molar-refractivity contribution in [2.24, 2.45) is 0 Å². The molecule has 1 N–H and O–H groups in total. The normalized spacial score (nSPS) is 14.3. The first kappa shape index (κ1) is 17.5. The summed E-state index contributed by atoms with van der Waals surface area (Å²) in [4.78, 5) is 17.8. The van der Waals surface area contributed by atoms with E-state index < -0.39 is 0 Å². The molecule has 0 atom stereocenters. The van der Waals surface area contributed by atoms with Crippen LogP contribution in [-0.4, -0.2) is 41.1 Å². The van der Waals surface area contributed by atoms with Crippen molar-refractivity contribution in [2.75, 3.05) is 41.3 Å². The van der Waals surface area contributed by atoms with Crippen molar-refractivity contribution in [3.05, 3.63) is 71.6 Å². The Labute approximate surface area is 163 Å². The SMILES string of the molecule is Clc1cccc(N2CCN(c3ccnc(NCc4cccnc4)n3)CC2)c1. The molecule has 0 saturated carbocycles. The summed E-state index contributed by atoms with van der Waals surface area (Å²) in [5.41, 5.74) is 2.27. The Morgan fingerprint density at radius 2 is 1.81 bits per heavy atom. The van der Waals surface area contributed by atoms with E-state index in [2.05, 4.69) is 36.1 Å². The fraction of sp³-hybridized carbons (Fsp3) is 0.250. The van der Waals surface area contributed by atoms with Crippen molar-refractivity contribution in [3.63, 3.8) is 0 Å². The first-order valence-corrected chi connectivity index (χ1v) is 9.37. The number of hydrogen-bond acceptors (Lipinski definition) is 6. The quantitative estimate of drug-likeness (QED) is 0.731. The predicted octanol–water partition coefficient (Wildman–Crippen LogP) is 3.46. The van der Waals surface area contributed by atoms with E-state index in [0.29, 0.717) is 12.5 Å². The molecule has 0 spiro atoms. The van der Waals surface area contributed by atoms with Gasteiger partial charge in [-0.1, -0.05) is 23.7 Å². The van der Waals surface area contributed by atoms with E-state index in [1.54, 1.807) is 12.4 Å². The summed E-state index contributed by atoms with van der Waals surface area (Å²) in [5, 5.41) is 4.04. The van der Waals surface area contributed by atoms with Gasteiger partial charge < -0.3 is 15.1 Å². The van der Waals surface area contributed by atoms with Gasteiger partial charge in [-0.2, -0.15) is 4.98 Å². The maximum atomic E-state index is 6.12. The number of anilines is 3. The molecule has 2 aromatic heterocycles. The largest absolute Gasteiger partial charge is 0.368 e. The van der Waals surface area contributed by atoms with Gasteiger partial charge in [0.25, 0.3) is 0 Å². The maximum absolute atomic E-state index is 6.12. The first-order chi connectivity index (χ1) is 13.3. The van der Waals surface area contributed by atoms with Crippen LogP contribution in [0.3, 0.4) is 0 Å². The molecule has 1 saturated heterocycles. The number of hydrogen-bond donors (Lipinski definition) is 1. The van der Waals surface area contributed by atoms with E-state index in [0.717, 1.165) is 42.6 Å². The van der Waals surface area contributed by atoms with Gasteiger partial charge in [-0.3, -0.25) is 4.98 Å². The van der Waals surface area contributed by atoms with Crippen molar-refractivity contribution >= 4 is 29.1 Å². The van der Waals surface area contributed by atoms with Gasteiger partial charge in [-0.25, -0.2) is 4.98 Å². The summed E-state index contributed by atoms with van der Waals surface area (Å²) in [5.74, 6) is 1.58. The second kappa shape index (κ2) is 8.22. The summed E-state index contributed by atoms with van der Waals surface area (Å²) in [6, 6.07) is 13.9. The lowest BCUT2D eigenvalue weighted by Crippen LogP contribution is -2.46.